The summed E-state index contributed by atoms with van der Waals surface area (Å²) in [7, 11) is 0. The van der Waals surface area contributed by atoms with Crippen LogP contribution in [0.2, 0.25) is 5.02 Å². The van der Waals surface area contributed by atoms with Gasteiger partial charge in [-0.15, -0.1) is 0 Å². The van der Waals surface area contributed by atoms with E-state index in [2.05, 4.69) is 28.9 Å². The Hall–Kier alpha value is -2.93. The highest BCUT2D eigenvalue weighted by Crippen LogP contribution is 2.27. The van der Waals surface area contributed by atoms with Crippen LogP contribution in [0.15, 0.2) is 36.4 Å². The van der Waals surface area contributed by atoms with Gasteiger partial charge in [-0.3, -0.25) is 9.59 Å². The van der Waals surface area contributed by atoms with E-state index in [4.69, 9.17) is 17.3 Å². The van der Waals surface area contributed by atoms with E-state index in [1.807, 2.05) is 23.1 Å². The van der Waals surface area contributed by atoms with Gasteiger partial charge in [0.1, 0.15) is 0 Å². The van der Waals surface area contributed by atoms with Crippen LogP contribution in [-0.2, 0) is 4.79 Å². The van der Waals surface area contributed by atoms with Crippen molar-refractivity contribution in [3.63, 3.8) is 0 Å². The van der Waals surface area contributed by atoms with Crippen molar-refractivity contribution in [2.75, 3.05) is 49.1 Å². The molecule has 7 nitrogen and oxygen atoms in total. The first-order chi connectivity index (χ1) is 15.0. The summed E-state index contributed by atoms with van der Waals surface area (Å²) in [6, 6.07) is 11.4. The average Bonchev–Trinajstić information content (AvgIpc) is 3.16. The normalized spacial score (nSPS) is 13.4. The molecule has 0 atom stereocenters. The van der Waals surface area contributed by atoms with Gasteiger partial charge in [-0.05, 0) is 43.5 Å². The summed E-state index contributed by atoms with van der Waals surface area (Å²) in [6.45, 7) is 5.37. The van der Waals surface area contributed by atoms with E-state index < -0.39 is 0 Å². The first-order valence-electron chi connectivity index (χ1n) is 10.6. The number of hydrogen-bond donors (Lipinski definition) is 4. The third-order valence-electron chi connectivity index (χ3n) is 5.35. The van der Waals surface area contributed by atoms with E-state index in [0.717, 1.165) is 18.7 Å². The monoisotopic (exact) mass is 443 g/mol. The van der Waals surface area contributed by atoms with Crippen LogP contribution in [0, 0.1) is 6.92 Å². The number of aryl methyl sites for hydroxylation is 1. The van der Waals surface area contributed by atoms with Gasteiger partial charge in [0.05, 0.1) is 22.0 Å². The van der Waals surface area contributed by atoms with Crippen molar-refractivity contribution in [2.24, 2.45) is 0 Å². The maximum absolute atomic E-state index is 12.5. The molecule has 1 saturated heterocycles. The van der Waals surface area contributed by atoms with E-state index in [0.29, 0.717) is 61.0 Å². The lowest BCUT2D eigenvalue weighted by Gasteiger charge is -2.16. The average molecular weight is 444 g/mol. The van der Waals surface area contributed by atoms with Crippen LogP contribution in [0.3, 0.4) is 0 Å². The predicted octanol–water partition coefficient (Wildman–Crippen LogP) is 3.50. The van der Waals surface area contributed by atoms with E-state index in [9.17, 15) is 9.59 Å². The summed E-state index contributed by atoms with van der Waals surface area (Å²) >= 11 is 6.34. The van der Waals surface area contributed by atoms with Gasteiger partial charge in [0.15, 0.2) is 0 Å². The third-order valence-corrected chi connectivity index (χ3v) is 5.66. The molecular formula is C23H30ClN5O2. The molecule has 2 amide bonds. The summed E-state index contributed by atoms with van der Waals surface area (Å²) in [4.78, 5) is 25.9. The number of anilines is 3. The Morgan fingerprint density at radius 2 is 1.87 bits per heavy atom. The molecular weight excluding hydrogens is 414 g/mol. The topological polar surface area (TPSA) is 99.5 Å². The van der Waals surface area contributed by atoms with Crippen molar-refractivity contribution in [1.29, 1.82) is 0 Å². The van der Waals surface area contributed by atoms with Crippen molar-refractivity contribution in [3.05, 3.63) is 52.5 Å². The van der Waals surface area contributed by atoms with Crippen LogP contribution in [0.25, 0.3) is 0 Å². The van der Waals surface area contributed by atoms with Crippen LogP contribution >= 0.6 is 11.6 Å². The maximum atomic E-state index is 12.5. The minimum absolute atomic E-state index is 0.194. The zero-order chi connectivity index (χ0) is 22.2. The Labute approximate surface area is 188 Å². The van der Waals surface area contributed by atoms with Gasteiger partial charge in [-0.25, -0.2) is 0 Å². The number of benzene rings is 2. The second-order valence-electron chi connectivity index (χ2n) is 7.68. The quantitative estimate of drug-likeness (QED) is 0.332. The molecule has 8 heteroatoms. The SMILES string of the molecule is Cc1ccccc1NCCNc1cc(Cl)c(C(=O)NCCCN2CCCC2=O)cc1N. The largest absolute Gasteiger partial charge is 0.397 e. The summed E-state index contributed by atoms with van der Waals surface area (Å²) in [5, 5.41) is 9.83. The predicted molar refractivity (Wildman–Crippen MR) is 127 cm³/mol. The minimum atomic E-state index is -0.266. The highest BCUT2D eigenvalue weighted by molar-refractivity contribution is 6.34. The summed E-state index contributed by atoms with van der Waals surface area (Å²) in [6.07, 6.45) is 2.25. The lowest BCUT2D eigenvalue weighted by Crippen LogP contribution is -2.30. The number of carbonyl (C=O) groups excluding carboxylic acids is 2. The molecule has 3 rings (SSSR count). The summed E-state index contributed by atoms with van der Waals surface area (Å²) < 4.78 is 0. The second kappa shape index (κ2) is 10.9. The van der Waals surface area contributed by atoms with Crippen LogP contribution in [0.4, 0.5) is 17.1 Å². The second-order valence-corrected chi connectivity index (χ2v) is 8.09. The zero-order valence-electron chi connectivity index (χ0n) is 17.8. The number of hydrogen-bond acceptors (Lipinski definition) is 5. The van der Waals surface area contributed by atoms with Gasteiger partial charge in [-0.2, -0.15) is 0 Å². The lowest BCUT2D eigenvalue weighted by atomic mass is 10.1. The molecule has 0 radical (unpaired) electrons. The highest BCUT2D eigenvalue weighted by atomic mass is 35.5. The van der Waals surface area contributed by atoms with Crippen molar-refractivity contribution >= 4 is 40.5 Å². The third kappa shape index (κ3) is 6.28. The molecule has 0 aliphatic carbocycles. The van der Waals surface area contributed by atoms with E-state index in [1.54, 1.807) is 12.1 Å². The molecule has 1 aliphatic heterocycles. The molecule has 2 aromatic carbocycles. The van der Waals surface area contributed by atoms with Crippen molar-refractivity contribution in [2.45, 2.75) is 26.2 Å². The number of nitrogen functional groups attached to an aromatic ring is 1. The van der Waals surface area contributed by atoms with Gasteiger partial charge in [-0.1, -0.05) is 29.8 Å². The van der Waals surface area contributed by atoms with Gasteiger partial charge >= 0.3 is 0 Å². The molecule has 0 unspecified atom stereocenters. The molecule has 1 fully saturated rings. The van der Waals surface area contributed by atoms with Crippen molar-refractivity contribution < 1.29 is 9.59 Å². The number of likely N-dealkylation sites (tertiary alicyclic amines) is 1. The summed E-state index contributed by atoms with van der Waals surface area (Å²) in [5.74, 6) is -0.0726. The van der Waals surface area contributed by atoms with Crippen LogP contribution in [0.5, 0.6) is 0 Å². The van der Waals surface area contributed by atoms with Crippen LogP contribution in [-0.4, -0.2) is 49.4 Å². The first-order valence-corrected chi connectivity index (χ1v) is 11.0. The fourth-order valence-corrected chi connectivity index (χ4v) is 3.84. The Balaban J connectivity index is 1.45. The number of nitrogens with one attached hydrogen (secondary N) is 3. The first kappa shape index (κ1) is 22.7. The van der Waals surface area contributed by atoms with E-state index in [-0.39, 0.29) is 11.8 Å². The molecule has 0 saturated carbocycles. The molecule has 0 bridgehead atoms. The molecule has 2 aromatic rings. The smallest absolute Gasteiger partial charge is 0.252 e. The number of nitrogens with zero attached hydrogens (tertiary/aromatic N) is 1. The van der Waals surface area contributed by atoms with Crippen molar-refractivity contribution in [1.82, 2.24) is 10.2 Å². The van der Waals surface area contributed by atoms with Gasteiger partial charge in [0.2, 0.25) is 5.91 Å². The number of halogens is 1. The Morgan fingerprint density at radius 3 is 2.58 bits per heavy atom. The zero-order valence-corrected chi connectivity index (χ0v) is 18.6. The maximum Gasteiger partial charge on any atom is 0.252 e. The van der Waals surface area contributed by atoms with E-state index in [1.165, 1.54) is 5.56 Å². The molecule has 0 spiro atoms. The lowest BCUT2D eigenvalue weighted by molar-refractivity contribution is -0.127. The van der Waals surface area contributed by atoms with Gasteiger partial charge in [0, 0.05) is 44.8 Å². The number of amides is 2. The van der Waals surface area contributed by atoms with E-state index >= 15 is 0 Å². The highest BCUT2D eigenvalue weighted by Gasteiger charge is 2.19. The molecule has 166 valence electrons. The van der Waals surface area contributed by atoms with Crippen LogP contribution in [0.1, 0.15) is 35.2 Å². The Morgan fingerprint density at radius 1 is 1.13 bits per heavy atom. The summed E-state index contributed by atoms with van der Waals surface area (Å²) in [5.41, 5.74) is 9.92. The fourth-order valence-electron chi connectivity index (χ4n) is 3.59. The van der Waals surface area contributed by atoms with Gasteiger partial charge < -0.3 is 26.6 Å². The number of nitrogens with two attached hydrogens (primary N) is 1. The molecule has 0 aromatic heterocycles. The molecule has 1 aliphatic rings. The molecule has 1 heterocycles. The Bertz CT molecular complexity index is 934. The fraction of sp³-hybridized carbons (Fsp3) is 0.391. The minimum Gasteiger partial charge on any atom is -0.397 e. The Kier molecular flexibility index (Phi) is 8.00. The standard InChI is InChI=1S/C23H30ClN5O2/c1-16-6-2-3-7-20(16)26-10-11-27-21-15-18(24)17(14-19(21)25)23(31)28-9-5-13-29-12-4-8-22(29)30/h2-3,6-7,14-15,26-27H,4-5,8-13,25H2,1H3,(H,28,31). The number of rotatable bonds is 10. The van der Waals surface area contributed by atoms with Crippen molar-refractivity contribution in [3.8, 4) is 0 Å². The van der Waals surface area contributed by atoms with Gasteiger partial charge in [0.25, 0.3) is 5.91 Å². The van der Waals surface area contributed by atoms with Crippen LogP contribution < -0.4 is 21.7 Å². The number of carbonyl (C=O) groups is 2. The molecule has 31 heavy (non-hydrogen) atoms. The molecule has 5 N–H and O–H groups in total. The number of para-hydroxylation sites is 1.